The lowest BCUT2D eigenvalue weighted by atomic mass is 9.97. The highest BCUT2D eigenvalue weighted by molar-refractivity contribution is 8.09. The standard InChI is InChI=1S/C28H29ClN6O6S2/c1-17-12-25-23(16-33(17)27(36)20-8-9-24(29)21(13-20)15-30)26-28(37)32(10-11-34(26)31-25)18(2)19-6-5-7-22(14-19)35(42(3,38)39)43(4,40)41/h5-9,13-14,17-18H,10-12,16H2,1-4H3/t17-,18?/m1/s1. The van der Waals surface area contributed by atoms with E-state index in [0.29, 0.717) is 45.6 Å². The lowest BCUT2D eigenvalue weighted by molar-refractivity contribution is 0.0605. The van der Waals surface area contributed by atoms with Gasteiger partial charge in [0.25, 0.3) is 11.8 Å². The SMILES string of the molecule is CC(c1cccc(N(S(C)(=O)=O)S(C)(=O)=O)c1)N1CCn2nc3c(c2C1=O)CN(C(=O)c1ccc(Cl)c(C#N)c1)[C@H](C)C3. The van der Waals surface area contributed by atoms with Gasteiger partial charge in [-0.15, -0.1) is 0 Å². The number of benzene rings is 2. The molecule has 2 amide bonds. The van der Waals surface area contributed by atoms with Crippen LogP contribution in [0.25, 0.3) is 0 Å². The van der Waals surface area contributed by atoms with Crippen molar-refractivity contribution in [2.24, 2.45) is 0 Å². The van der Waals surface area contributed by atoms with Gasteiger partial charge in [0.1, 0.15) is 11.8 Å². The summed E-state index contributed by atoms with van der Waals surface area (Å²) in [5, 5.41) is 14.3. The molecular weight excluding hydrogens is 616 g/mol. The van der Waals surface area contributed by atoms with Crippen LogP contribution in [-0.4, -0.2) is 73.3 Å². The van der Waals surface area contributed by atoms with E-state index in [1.807, 2.05) is 13.0 Å². The summed E-state index contributed by atoms with van der Waals surface area (Å²) in [6.45, 7) is 4.56. The molecule has 5 rings (SSSR count). The summed E-state index contributed by atoms with van der Waals surface area (Å²) in [4.78, 5) is 30.8. The Labute approximate surface area is 255 Å². The molecule has 43 heavy (non-hydrogen) atoms. The monoisotopic (exact) mass is 644 g/mol. The summed E-state index contributed by atoms with van der Waals surface area (Å²) >= 11 is 6.05. The highest BCUT2D eigenvalue weighted by atomic mass is 35.5. The maximum Gasteiger partial charge on any atom is 0.273 e. The van der Waals surface area contributed by atoms with E-state index in [0.717, 1.165) is 18.2 Å². The Kier molecular flexibility index (Phi) is 7.78. The molecule has 3 aromatic rings. The van der Waals surface area contributed by atoms with Gasteiger partial charge in [-0.3, -0.25) is 14.3 Å². The lowest BCUT2D eigenvalue weighted by Crippen LogP contribution is -2.44. The first-order valence-electron chi connectivity index (χ1n) is 13.3. The number of hydrogen-bond donors (Lipinski definition) is 0. The van der Waals surface area contributed by atoms with Crippen LogP contribution in [0.1, 0.15) is 63.1 Å². The van der Waals surface area contributed by atoms with Gasteiger partial charge < -0.3 is 9.80 Å². The molecule has 12 nitrogen and oxygen atoms in total. The number of hydrogen-bond acceptors (Lipinski definition) is 8. The number of carbonyl (C=O) groups excluding carboxylic acids is 2. The van der Waals surface area contributed by atoms with Crippen molar-refractivity contribution in [1.29, 1.82) is 5.26 Å². The average Bonchev–Trinajstić information content (AvgIpc) is 3.28. The third-order valence-corrected chi connectivity index (χ3v) is 11.3. The van der Waals surface area contributed by atoms with Crippen LogP contribution in [0, 0.1) is 11.3 Å². The number of nitriles is 1. The van der Waals surface area contributed by atoms with E-state index in [4.69, 9.17) is 11.6 Å². The molecule has 1 unspecified atom stereocenters. The molecule has 0 bridgehead atoms. The molecule has 1 aromatic heterocycles. The molecule has 226 valence electrons. The van der Waals surface area contributed by atoms with Gasteiger partial charge in [0.05, 0.1) is 53.6 Å². The van der Waals surface area contributed by atoms with Crippen molar-refractivity contribution in [3.05, 3.63) is 81.1 Å². The Morgan fingerprint density at radius 3 is 2.47 bits per heavy atom. The molecule has 0 saturated heterocycles. The topological polar surface area (TPSA) is 154 Å². The van der Waals surface area contributed by atoms with E-state index in [1.165, 1.54) is 24.3 Å². The molecule has 0 fully saturated rings. The fourth-order valence-corrected chi connectivity index (χ4v) is 8.81. The molecule has 2 atom stereocenters. The van der Waals surface area contributed by atoms with Crippen LogP contribution in [-0.2, 0) is 39.6 Å². The average molecular weight is 645 g/mol. The van der Waals surface area contributed by atoms with Crippen molar-refractivity contribution in [3.8, 4) is 6.07 Å². The van der Waals surface area contributed by atoms with Gasteiger partial charge in [0.2, 0.25) is 20.0 Å². The zero-order valence-electron chi connectivity index (χ0n) is 23.9. The number of fused-ring (bicyclic) bond motifs is 3. The molecule has 15 heteroatoms. The maximum atomic E-state index is 14.0. The second-order valence-corrected chi connectivity index (χ2v) is 15.1. The van der Waals surface area contributed by atoms with Gasteiger partial charge in [0.15, 0.2) is 0 Å². The van der Waals surface area contributed by atoms with Gasteiger partial charge in [-0.25, -0.2) is 16.8 Å². The van der Waals surface area contributed by atoms with Gasteiger partial charge in [0, 0.05) is 30.1 Å². The number of anilines is 1. The molecule has 3 heterocycles. The van der Waals surface area contributed by atoms with Crippen molar-refractivity contribution in [3.63, 3.8) is 0 Å². The fourth-order valence-electron chi connectivity index (χ4n) is 5.69. The minimum atomic E-state index is -4.14. The van der Waals surface area contributed by atoms with Crippen LogP contribution in [0.5, 0.6) is 0 Å². The molecule has 0 spiro atoms. The minimum absolute atomic E-state index is 0.0499. The third-order valence-electron chi connectivity index (χ3n) is 7.73. The fraction of sp³-hybridized carbons (Fsp3) is 0.357. The first-order valence-corrected chi connectivity index (χ1v) is 17.4. The van der Waals surface area contributed by atoms with Gasteiger partial charge >= 0.3 is 0 Å². The van der Waals surface area contributed by atoms with Crippen LogP contribution in [0.2, 0.25) is 5.02 Å². The van der Waals surface area contributed by atoms with Crippen molar-refractivity contribution in [2.45, 2.75) is 45.4 Å². The van der Waals surface area contributed by atoms with Crippen LogP contribution < -0.4 is 3.71 Å². The first-order chi connectivity index (χ1) is 20.1. The second-order valence-electron chi connectivity index (χ2n) is 10.8. The number of amides is 2. The van der Waals surface area contributed by atoms with Crippen molar-refractivity contribution < 1.29 is 26.4 Å². The third kappa shape index (κ3) is 5.60. The van der Waals surface area contributed by atoms with E-state index < -0.39 is 26.1 Å². The van der Waals surface area contributed by atoms with Gasteiger partial charge in [-0.05, 0) is 49.7 Å². The number of sulfonamides is 2. The highest BCUT2D eigenvalue weighted by Crippen LogP contribution is 2.34. The van der Waals surface area contributed by atoms with E-state index in [2.05, 4.69) is 5.10 Å². The molecular formula is C28H29ClN6O6S2. The summed E-state index contributed by atoms with van der Waals surface area (Å²) in [6.07, 6.45) is 2.07. The van der Waals surface area contributed by atoms with Crippen LogP contribution in [0.15, 0.2) is 42.5 Å². The Morgan fingerprint density at radius 1 is 1.12 bits per heavy atom. The predicted octanol–water partition coefficient (Wildman–Crippen LogP) is 2.94. The second kappa shape index (κ2) is 11.0. The Morgan fingerprint density at radius 2 is 1.81 bits per heavy atom. The summed E-state index contributed by atoms with van der Waals surface area (Å²) < 4.78 is 51.3. The van der Waals surface area contributed by atoms with E-state index in [9.17, 15) is 31.7 Å². The zero-order valence-corrected chi connectivity index (χ0v) is 26.2. The highest BCUT2D eigenvalue weighted by Gasteiger charge is 2.39. The van der Waals surface area contributed by atoms with Crippen molar-refractivity contribution in [2.75, 3.05) is 22.8 Å². The Hall–Kier alpha value is -3.93. The Balaban J connectivity index is 1.45. The van der Waals surface area contributed by atoms with Crippen LogP contribution in [0.3, 0.4) is 0 Å². The molecule has 0 radical (unpaired) electrons. The quantitative estimate of drug-likeness (QED) is 0.397. The number of nitrogens with zero attached hydrogens (tertiary/aromatic N) is 6. The number of aromatic nitrogens is 2. The van der Waals surface area contributed by atoms with E-state index in [-0.39, 0.29) is 40.7 Å². The molecule has 2 aliphatic rings. The van der Waals surface area contributed by atoms with Crippen LogP contribution in [0.4, 0.5) is 5.69 Å². The normalized spacial score (nSPS) is 17.6. The van der Waals surface area contributed by atoms with E-state index in [1.54, 1.807) is 39.6 Å². The molecule has 0 aliphatic carbocycles. The zero-order chi connectivity index (χ0) is 31.4. The Bertz CT molecular complexity index is 1890. The van der Waals surface area contributed by atoms with Gasteiger partial charge in [-0.2, -0.15) is 14.1 Å². The van der Waals surface area contributed by atoms with Gasteiger partial charge in [-0.1, -0.05) is 23.7 Å². The van der Waals surface area contributed by atoms with Crippen molar-refractivity contribution >= 4 is 49.1 Å². The predicted molar refractivity (Wildman–Crippen MR) is 159 cm³/mol. The molecule has 2 aliphatic heterocycles. The largest absolute Gasteiger partial charge is 0.331 e. The molecule has 0 saturated carbocycles. The number of halogens is 1. The van der Waals surface area contributed by atoms with Crippen molar-refractivity contribution in [1.82, 2.24) is 19.6 Å². The lowest BCUT2D eigenvalue weighted by Gasteiger charge is -2.35. The summed E-state index contributed by atoms with van der Waals surface area (Å²) in [6, 6.07) is 11.9. The smallest absolute Gasteiger partial charge is 0.273 e. The van der Waals surface area contributed by atoms with E-state index >= 15 is 0 Å². The van der Waals surface area contributed by atoms with Crippen LogP contribution >= 0.6 is 11.6 Å². The summed E-state index contributed by atoms with van der Waals surface area (Å²) in [5.74, 6) is -0.598. The molecule has 0 N–H and O–H groups in total. The minimum Gasteiger partial charge on any atom is -0.331 e. The number of rotatable bonds is 6. The molecule has 2 aromatic carbocycles. The summed E-state index contributed by atoms with van der Waals surface area (Å²) in [5.41, 5.74) is 2.77. The number of carbonyl (C=O) groups is 2. The first kappa shape index (κ1) is 30.5. The summed E-state index contributed by atoms with van der Waals surface area (Å²) in [7, 11) is -8.28. The maximum absolute atomic E-state index is 14.0.